The first kappa shape index (κ1) is 15.8. The topological polar surface area (TPSA) is 32.5 Å². The lowest BCUT2D eigenvalue weighted by molar-refractivity contribution is -0.0234. The van der Waals surface area contributed by atoms with E-state index < -0.39 is 0 Å². The summed E-state index contributed by atoms with van der Waals surface area (Å²) in [5, 5.41) is 0. The molecule has 0 radical (unpaired) electrons. The van der Waals surface area contributed by atoms with E-state index in [2.05, 4.69) is 23.6 Å². The van der Waals surface area contributed by atoms with Crippen LogP contribution in [0.5, 0.6) is 0 Å². The summed E-state index contributed by atoms with van der Waals surface area (Å²) in [6.45, 7) is 10.8. The highest BCUT2D eigenvalue weighted by atomic mass is 15.3. The summed E-state index contributed by atoms with van der Waals surface area (Å²) < 4.78 is 0. The van der Waals surface area contributed by atoms with Crippen molar-refractivity contribution >= 4 is 0 Å². The summed E-state index contributed by atoms with van der Waals surface area (Å²) in [6, 6.07) is 0.819. The molecule has 2 N–H and O–H groups in total. The van der Waals surface area contributed by atoms with Gasteiger partial charge < -0.3 is 10.6 Å². The standard InChI is InChI=1S/C18H35N3/c1-15(2)7-11-21(17-5-3-4-6-17)18(14-19)9-12-20-10-8-16(18)13-20/h15-17H,3-14,19H2,1-2H3. The molecule has 2 bridgehead atoms. The van der Waals surface area contributed by atoms with Crippen LogP contribution in [0.25, 0.3) is 0 Å². The van der Waals surface area contributed by atoms with Gasteiger partial charge >= 0.3 is 0 Å². The molecule has 3 rings (SSSR count). The first-order valence-corrected chi connectivity index (χ1v) is 9.35. The van der Waals surface area contributed by atoms with Crippen molar-refractivity contribution in [2.45, 2.75) is 70.4 Å². The van der Waals surface area contributed by atoms with Crippen molar-refractivity contribution in [3.05, 3.63) is 0 Å². The van der Waals surface area contributed by atoms with Crippen LogP contribution in [-0.4, -0.2) is 54.1 Å². The monoisotopic (exact) mass is 293 g/mol. The molecule has 3 unspecified atom stereocenters. The Hall–Kier alpha value is -0.120. The van der Waals surface area contributed by atoms with Gasteiger partial charge in [-0.25, -0.2) is 0 Å². The molecular formula is C18H35N3. The molecule has 2 heterocycles. The molecule has 0 aromatic rings. The van der Waals surface area contributed by atoms with Gasteiger partial charge in [0.1, 0.15) is 0 Å². The number of hydrogen-bond donors (Lipinski definition) is 1. The summed E-state index contributed by atoms with van der Waals surface area (Å²) in [6.07, 6.45) is 9.70. The molecule has 21 heavy (non-hydrogen) atoms. The molecule has 3 atom stereocenters. The first-order valence-electron chi connectivity index (χ1n) is 9.35. The van der Waals surface area contributed by atoms with Crippen molar-refractivity contribution in [1.82, 2.24) is 9.80 Å². The van der Waals surface area contributed by atoms with Crippen molar-refractivity contribution in [1.29, 1.82) is 0 Å². The zero-order valence-corrected chi connectivity index (χ0v) is 14.2. The third-order valence-electron chi connectivity index (χ3n) is 6.53. The largest absolute Gasteiger partial charge is 0.329 e. The highest BCUT2D eigenvalue weighted by Crippen LogP contribution is 2.42. The molecule has 2 saturated heterocycles. The van der Waals surface area contributed by atoms with Crippen LogP contribution in [0.2, 0.25) is 0 Å². The Bertz CT molecular complexity index is 337. The number of nitrogens with two attached hydrogens (primary N) is 1. The molecule has 3 fully saturated rings. The maximum Gasteiger partial charge on any atom is 0.0387 e. The molecule has 122 valence electrons. The zero-order chi connectivity index (χ0) is 14.9. The molecule has 3 heteroatoms. The van der Waals surface area contributed by atoms with Gasteiger partial charge in [0.25, 0.3) is 0 Å². The maximum atomic E-state index is 6.44. The lowest BCUT2D eigenvalue weighted by Gasteiger charge is -2.53. The van der Waals surface area contributed by atoms with E-state index in [0.29, 0.717) is 5.54 Å². The van der Waals surface area contributed by atoms with Crippen LogP contribution in [0.4, 0.5) is 0 Å². The summed E-state index contributed by atoms with van der Waals surface area (Å²) in [5.41, 5.74) is 6.75. The fourth-order valence-electron chi connectivity index (χ4n) is 5.18. The second kappa shape index (κ2) is 6.55. The van der Waals surface area contributed by atoms with Crippen LogP contribution in [0.3, 0.4) is 0 Å². The molecule has 2 aliphatic heterocycles. The highest BCUT2D eigenvalue weighted by molar-refractivity contribution is 5.07. The van der Waals surface area contributed by atoms with Crippen molar-refractivity contribution in [2.75, 3.05) is 32.7 Å². The second-order valence-corrected chi connectivity index (χ2v) is 8.16. The summed E-state index contributed by atoms with van der Waals surface area (Å²) >= 11 is 0. The number of hydrogen-bond acceptors (Lipinski definition) is 3. The maximum absolute atomic E-state index is 6.44. The van der Waals surface area contributed by atoms with E-state index >= 15 is 0 Å². The molecule has 0 amide bonds. The lowest BCUT2D eigenvalue weighted by Crippen LogP contribution is -2.64. The van der Waals surface area contributed by atoms with Crippen molar-refractivity contribution in [3.8, 4) is 0 Å². The van der Waals surface area contributed by atoms with Gasteiger partial charge in [-0.1, -0.05) is 26.7 Å². The van der Waals surface area contributed by atoms with Gasteiger partial charge in [-0.3, -0.25) is 4.90 Å². The van der Waals surface area contributed by atoms with E-state index in [4.69, 9.17) is 5.73 Å². The van der Waals surface area contributed by atoms with Crippen LogP contribution in [0.1, 0.15) is 58.8 Å². The molecule has 3 nitrogen and oxygen atoms in total. The van der Waals surface area contributed by atoms with Gasteiger partial charge in [0.05, 0.1) is 0 Å². The Balaban J connectivity index is 1.81. The van der Waals surface area contributed by atoms with E-state index in [0.717, 1.165) is 24.4 Å². The minimum absolute atomic E-state index is 0.316. The van der Waals surface area contributed by atoms with Gasteiger partial charge in [0.15, 0.2) is 0 Å². The Morgan fingerprint density at radius 2 is 1.95 bits per heavy atom. The molecule has 0 aromatic carbocycles. The van der Waals surface area contributed by atoms with Crippen LogP contribution >= 0.6 is 0 Å². The van der Waals surface area contributed by atoms with Crippen molar-refractivity contribution < 1.29 is 0 Å². The van der Waals surface area contributed by atoms with E-state index in [1.807, 2.05) is 0 Å². The summed E-state index contributed by atoms with van der Waals surface area (Å²) in [7, 11) is 0. The number of piperidine rings is 1. The molecule has 0 spiro atoms. The Labute approximate surface area is 131 Å². The van der Waals surface area contributed by atoms with Crippen LogP contribution in [-0.2, 0) is 0 Å². The summed E-state index contributed by atoms with van der Waals surface area (Å²) in [4.78, 5) is 5.58. The quantitative estimate of drug-likeness (QED) is 0.817. The average molecular weight is 293 g/mol. The molecule has 1 aliphatic carbocycles. The lowest BCUT2D eigenvalue weighted by atomic mass is 9.76. The third kappa shape index (κ3) is 3.02. The van der Waals surface area contributed by atoms with Gasteiger partial charge in [-0.2, -0.15) is 0 Å². The Kier molecular flexibility index (Phi) is 4.92. The van der Waals surface area contributed by atoms with Gasteiger partial charge in [-0.15, -0.1) is 0 Å². The van der Waals surface area contributed by atoms with Crippen LogP contribution in [0, 0.1) is 11.8 Å². The van der Waals surface area contributed by atoms with Gasteiger partial charge in [-0.05, 0) is 63.6 Å². The number of fused-ring (bicyclic) bond motifs is 2. The van der Waals surface area contributed by atoms with E-state index in [1.54, 1.807) is 0 Å². The normalized spacial score (nSPS) is 37.0. The fourth-order valence-corrected chi connectivity index (χ4v) is 5.18. The van der Waals surface area contributed by atoms with Crippen LogP contribution in [0.15, 0.2) is 0 Å². The predicted octanol–water partition coefficient (Wildman–Crippen LogP) is 2.70. The Morgan fingerprint density at radius 1 is 1.19 bits per heavy atom. The SMILES string of the molecule is CC(C)CCN(C1CCCC1)C1(CN)CCN2CCC1C2. The zero-order valence-electron chi connectivity index (χ0n) is 14.2. The van der Waals surface area contributed by atoms with Crippen molar-refractivity contribution in [2.24, 2.45) is 17.6 Å². The first-order chi connectivity index (χ1) is 10.2. The highest BCUT2D eigenvalue weighted by Gasteiger charge is 2.50. The number of rotatable bonds is 6. The molecule has 1 saturated carbocycles. The molecule has 0 aromatic heterocycles. The Morgan fingerprint density at radius 3 is 2.62 bits per heavy atom. The predicted molar refractivity (Wildman–Crippen MR) is 89.4 cm³/mol. The van der Waals surface area contributed by atoms with Gasteiger partial charge in [0.2, 0.25) is 0 Å². The minimum atomic E-state index is 0.316. The smallest absolute Gasteiger partial charge is 0.0387 e. The second-order valence-electron chi connectivity index (χ2n) is 8.16. The van der Waals surface area contributed by atoms with E-state index in [-0.39, 0.29) is 0 Å². The van der Waals surface area contributed by atoms with E-state index in [9.17, 15) is 0 Å². The molecular weight excluding hydrogens is 258 g/mol. The van der Waals surface area contributed by atoms with E-state index in [1.165, 1.54) is 71.1 Å². The van der Waals surface area contributed by atoms with Crippen LogP contribution < -0.4 is 5.73 Å². The van der Waals surface area contributed by atoms with Crippen molar-refractivity contribution in [3.63, 3.8) is 0 Å². The molecule has 3 aliphatic rings. The third-order valence-corrected chi connectivity index (χ3v) is 6.53. The average Bonchev–Trinajstić information content (AvgIpc) is 3.12. The summed E-state index contributed by atoms with van der Waals surface area (Å²) in [5.74, 6) is 1.62. The van der Waals surface area contributed by atoms with Gasteiger partial charge in [0, 0.05) is 24.7 Å². The fraction of sp³-hybridized carbons (Fsp3) is 1.00. The minimum Gasteiger partial charge on any atom is -0.329 e. The number of nitrogens with zero attached hydrogens (tertiary/aromatic N) is 2.